The first-order valence-corrected chi connectivity index (χ1v) is 8.19. The van der Waals surface area contributed by atoms with Crippen molar-refractivity contribution in [2.45, 2.75) is 39.0 Å². The molecule has 0 spiro atoms. The van der Waals surface area contributed by atoms with Gasteiger partial charge in [0, 0.05) is 19.1 Å². The lowest BCUT2D eigenvalue weighted by Gasteiger charge is -2.30. The van der Waals surface area contributed by atoms with Gasteiger partial charge in [0.1, 0.15) is 6.61 Å². The van der Waals surface area contributed by atoms with Crippen LogP contribution in [-0.2, 0) is 11.3 Å². The second kappa shape index (κ2) is 10.9. The molecule has 1 aromatic carbocycles. The van der Waals surface area contributed by atoms with E-state index in [0.29, 0.717) is 30.6 Å². The fourth-order valence-electron chi connectivity index (χ4n) is 2.45. The number of nitrogens with zero attached hydrogens (tertiary/aromatic N) is 1. The molecule has 1 rings (SSSR count). The molecule has 5 heteroatoms. The Morgan fingerprint density at radius 2 is 1.96 bits per heavy atom. The summed E-state index contributed by atoms with van der Waals surface area (Å²) in [6.07, 6.45) is 5.56. The summed E-state index contributed by atoms with van der Waals surface area (Å²) in [6.45, 7) is 5.97. The van der Waals surface area contributed by atoms with Crippen molar-refractivity contribution in [1.29, 1.82) is 0 Å². The summed E-state index contributed by atoms with van der Waals surface area (Å²) in [5.74, 6) is 3.81. The number of rotatable bonds is 11. The molecule has 1 N–H and O–H groups in total. The zero-order valence-electron chi connectivity index (χ0n) is 15.1. The molecular formula is C19H29NO4. The third kappa shape index (κ3) is 6.40. The summed E-state index contributed by atoms with van der Waals surface area (Å²) in [7, 11) is 3.25. The Balaban J connectivity index is 2.77. The highest BCUT2D eigenvalue weighted by molar-refractivity contribution is 5.42. The average Bonchev–Trinajstić information content (AvgIpc) is 2.60. The summed E-state index contributed by atoms with van der Waals surface area (Å²) in [5, 5.41) is 10.2. The number of hydrogen-bond donors (Lipinski definition) is 1. The van der Waals surface area contributed by atoms with Crippen molar-refractivity contribution in [2.24, 2.45) is 0 Å². The van der Waals surface area contributed by atoms with Gasteiger partial charge < -0.3 is 19.3 Å². The van der Waals surface area contributed by atoms with Gasteiger partial charge in [0.25, 0.3) is 0 Å². The van der Waals surface area contributed by atoms with Gasteiger partial charge in [0.05, 0.1) is 26.9 Å². The van der Waals surface area contributed by atoms with E-state index in [9.17, 15) is 5.11 Å². The lowest BCUT2D eigenvalue weighted by Crippen LogP contribution is -2.40. The number of terminal acetylenes is 1. The van der Waals surface area contributed by atoms with Gasteiger partial charge in [-0.05, 0) is 31.0 Å². The van der Waals surface area contributed by atoms with Crippen LogP contribution in [0.5, 0.6) is 11.5 Å². The average molecular weight is 335 g/mol. The molecule has 1 aromatic rings. The Labute approximate surface area is 145 Å². The number of aliphatic hydroxyl groups is 1. The summed E-state index contributed by atoms with van der Waals surface area (Å²) in [5.41, 5.74) is 1.10. The Hall–Kier alpha value is -1.74. The van der Waals surface area contributed by atoms with E-state index in [2.05, 4.69) is 24.7 Å². The molecule has 0 aliphatic carbocycles. The highest BCUT2D eigenvalue weighted by Crippen LogP contribution is 2.28. The van der Waals surface area contributed by atoms with Crippen LogP contribution in [0, 0.1) is 12.3 Å². The van der Waals surface area contributed by atoms with Crippen molar-refractivity contribution in [3.63, 3.8) is 0 Å². The Morgan fingerprint density at radius 1 is 1.25 bits per heavy atom. The minimum absolute atomic E-state index is 0.218. The summed E-state index contributed by atoms with van der Waals surface area (Å²) >= 11 is 0. The number of methoxy groups -OCH3 is 2. The molecule has 5 nitrogen and oxygen atoms in total. The second-order valence-corrected chi connectivity index (χ2v) is 5.75. The molecule has 0 amide bonds. The molecule has 0 saturated carbocycles. The summed E-state index contributed by atoms with van der Waals surface area (Å²) in [6, 6.07) is 6.21. The predicted molar refractivity (Wildman–Crippen MR) is 95.4 cm³/mol. The topological polar surface area (TPSA) is 51.2 Å². The van der Waals surface area contributed by atoms with Crippen molar-refractivity contribution in [3.8, 4) is 23.8 Å². The van der Waals surface area contributed by atoms with Crippen molar-refractivity contribution in [2.75, 3.05) is 34.0 Å². The number of ether oxygens (including phenoxy) is 3. The normalized spacial score (nSPS) is 13.4. The fourth-order valence-corrected chi connectivity index (χ4v) is 2.45. The highest BCUT2D eigenvalue weighted by Gasteiger charge is 2.18. The maximum Gasteiger partial charge on any atom is 0.161 e. The largest absolute Gasteiger partial charge is 0.493 e. The van der Waals surface area contributed by atoms with Crippen molar-refractivity contribution in [3.05, 3.63) is 23.8 Å². The molecule has 0 aliphatic rings. The monoisotopic (exact) mass is 335 g/mol. The van der Waals surface area contributed by atoms with Crippen LogP contribution < -0.4 is 9.47 Å². The fraction of sp³-hybridized carbons (Fsp3) is 0.579. The molecule has 0 aliphatic heterocycles. The van der Waals surface area contributed by atoms with E-state index in [1.54, 1.807) is 14.2 Å². The molecule has 0 aromatic heterocycles. The zero-order valence-corrected chi connectivity index (χ0v) is 15.1. The standard InChI is InChI=1S/C19H29NO4/c1-6-10-24-14-17(21)13-20(15(3)7-2)12-16-8-9-18(22-4)19(11-16)23-5/h1,8-9,11,15,17,21H,7,10,12-14H2,2-5H3. The molecule has 2 atom stereocenters. The summed E-state index contributed by atoms with van der Waals surface area (Å²) < 4.78 is 15.9. The quantitative estimate of drug-likeness (QED) is 0.497. The van der Waals surface area contributed by atoms with E-state index in [1.165, 1.54) is 0 Å². The van der Waals surface area contributed by atoms with Crippen LogP contribution in [0.1, 0.15) is 25.8 Å². The predicted octanol–water partition coefficient (Wildman–Crippen LogP) is 2.32. The molecule has 24 heavy (non-hydrogen) atoms. The van der Waals surface area contributed by atoms with E-state index in [1.807, 2.05) is 18.2 Å². The van der Waals surface area contributed by atoms with Crippen LogP contribution in [0.3, 0.4) is 0 Å². The molecular weight excluding hydrogens is 306 g/mol. The van der Waals surface area contributed by atoms with E-state index in [0.717, 1.165) is 12.0 Å². The van der Waals surface area contributed by atoms with Gasteiger partial charge in [-0.15, -0.1) is 6.42 Å². The van der Waals surface area contributed by atoms with E-state index < -0.39 is 6.10 Å². The zero-order chi connectivity index (χ0) is 17.9. The number of aliphatic hydroxyl groups excluding tert-OH is 1. The number of benzene rings is 1. The Kier molecular flexibility index (Phi) is 9.24. The molecule has 134 valence electrons. The van der Waals surface area contributed by atoms with Crippen LogP contribution in [0.25, 0.3) is 0 Å². The van der Waals surface area contributed by atoms with Gasteiger partial charge in [-0.3, -0.25) is 4.90 Å². The molecule has 0 heterocycles. The van der Waals surface area contributed by atoms with Crippen LogP contribution in [0.2, 0.25) is 0 Å². The molecule has 0 bridgehead atoms. The van der Waals surface area contributed by atoms with Crippen molar-refractivity contribution < 1.29 is 19.3 Å². The first-order chi connectivity index (χ1) is 11.5. The molecule has 0 fully saturated rings. The van der Waals surface area contributed by atoms with Gasteiger partial charge in [-0.25, -0.2) is 0 Å². The lowest BCUT2D eigenvalue weighted by molar-refractivity contribution is 0.0170. The Bertz CT molecular complexity index is 527. The Morgan fingerprint density at radius 3 is 2.54 bits per heavy atom. The van der Waals surface area contributed by atoms with Crippen LogP contribution in [0.15, 0.2) is 18.2 Å². The first kappa shape index (κ1) is 20.3. The van der Waals surface area contributed by atoms with Crippen LogP contribution in [-0.4, -0.2) is 56.1 Å². The van der Waals surface area contributed by atoms with Gasteiger partial charge in [-0.1, -0.05) is 18.9 Å². The second-order valence-electron chi connectivity index (χ2n) is 5.75. The number of hydrogen-bond acceptors (Lipinski definition) is 5. The SMILES string of the molecule is C#CCOCC(O)CN(Cc1ccc(OC)c(OC)c1)C(C)CC. The van der Waals surface area contributed by atoms with E-state index in [-0.39, 0.29) is 13.2 Å². The van der Waals surface area contributed by atoms with E-state index >= 15 is 0 Å². The minimum atomic E-state index is -0.576. The lowest BCUT2D eigenvalue weighted by atomic mass is 10.1. The third-order valence-corrected chi connectivity index (χ3v) is 3.99. The first-order valence-electron chi connectivity index (χ1n) is 8.19. The van der Waals surface area contributed by atoms with Gasteiger partial charge >= 0.3 is 0 Å². The molecule has 2 unspecified atom stereocenters. The highest BCUT2D eigenvalue weighted by atomic mass is 16.5. The van der Waals surface area contributed by atoms with E-state index in [4.69, 9.17) is 20.6 Å². The smallest absolute Gasteiger partial charge is 0.161 e. The van der Waals surface area contributed by atoms with Crippen LogP contribution >= 0.6 is 0 Å². The van der Waals surface area contributed by atoms with Gasteiger partial charge in [0.2, 0.25) is 0 Å². The van der Waals surface area contributed by atoms with Crippen LogP contribution in [0.4, 0.5) is 0 Å². The molecule has 0 saturated heterocycles. The van der Waals surface area contributed by atoms with Gasteiger partial charge in [-0.2, -0.15) is 0 Å². The maximum atomic E-state index is 10.2. The third-order valence-electron chi connectivity index (χ3n) is 3.99. The molecule has 0 radical (unpaired) electrons. The summed E-state index contributed by atoms with van der Waals surface area (Å²) in [4.78, 5) is 2.23. The minimum Gasteiger partial charge on any atom is -0.493 e. The van der Waals surface area contributed by atoms with Crippen molar-refractivity contribution in [1.82, 2.24) is 4.90 Å². The van der Waals surface area contributed by atoms with Crippen molar-refractivity contribution >= 4 is 0 Å². The van der Waals surface area contributed by atoms with Gasteiger partial charge in [0.15, 0.2) is 11.5 Å². The maximum absolute atomic E-state index is 10.2.